The number of ether oxygens (including phenoxy) is 1. The van der Waals surface area contributed by atoms with Crippen molar-refractivity contribution in [2.45, 2.75) is 6.54 Å². The lowest BCUT2D eigenvalue weighted by molar-refractivity contribution is -0.120. The molecule has 1 aliphatic heterocycles. The van der Waals surface area contributed by atoms with Crippen LogP contribution in [0.4, 0.5) is 5.69 Å². The summed E-state index contributed by atoms with van der Waals surface area (Å²) in [5.41, 5.74) is 0.743. The fraction of sp³-hybridized carbons (Fsp3) is 0.412. The molecule has 0 bridgehead atoms. The zero-order chi connectivity index (χ0) is 18.7. The lowest BCUT2D eigenvalue weighted by Crippen LogP contribution is -2.52. The van der Waals surface area contributed by atoms with Crippen LogP contribution in [0.15, 0.2) is 28.7 Å². The van der Waals surface area contributed by atoms with Crippen molar-refractivity contribution in [1.29, 1.82) is 0 Å². The van der Waals surface area contributed by atoms with E-state index in [1.54, 1.807) is 18.1 Å². The molecule has 1 aliphatic rings. The minimum atomic E-state index is -0.429. The third-order valence-electron chi connectivity index (χ3n) is 3.97. The minimum Gasteiger partial charge on any atom is -0.497 e. The number of amides is 2. The van der Waals surface area contributed by atoms with Crippen LogP contribution in [-0.4, -0.2) is 72.7 Å². The summed E-state index contributed by atoms with van der Waals surface area (Å²) < 4.78 is 10.6. The quantitative estimate of drug-likeness (QED) is 0.773. The van der Waals surface area contributed by atoms with Crippen LogP contribution in [0.2, 0.25) is 0 Å². The number of anilines is 1. The maximum atomic E-state index is 12.5. The van der Waals surface area contributed by atoms with Crippen LogP contribution in [0.1, 0.15) is 16.6 Å². The normalized spacial score (nSPS) is 14.8. The first kappa shape index (κ1) is 17.9. The smallest absolute Gasteiger partial charge is 0.311 e. The summed E-state index contributed by atoms with van der Waals surface area (Å²) in [7, 11) is 5.30. The van der Waals surface area contributed by atoms with Gasteiger partial charge < -0.3 is 23.9 Å². The average Bonchev–Trinajstić information content (AvgIpc) is 3.08. The Morgan fingerprint density at radius 2 is 2.12 bits per heavy atom. The largest absolute Gasteiger partial charge is 0.497 e. The summed E-state index contributed by atoms with van der Waals surface area (Å²) in [4.78, 5) is 29.9. The van der Waals surface area contributed by atoms with E-state index in [1.807, 2.05) is 37.2 Å². The second kappa shape index (κ2) is 7.52. The van der Waals surface area contributed by atoms with Crippen LogP contribution in [-0.2, 0) is 11.3 Å². The lowest BCUT2D eigenvalue weighted by Gasteiger charge is -2.33. The second-order valence-corrected chi connectivity index (χ2v) is 6.21. The van der Waals surface area contributed by atoms with E-state index < -0.39 is 5.91 Å². The Kier molecular flexibility index (Phi) is 5.17. The zero-order valence-corrected chi connectivity index (χ0v) is 15.0. The Morgan fingerprint density at radius 3 is 2.81 bits per heavy atom. The molecule has 2 heterocycles. The van der Waals surface area contributed by atoms with Gasteiger partial charge in [0.1, 0.15) is 12.3 Å². The minimum absolute atomic E-state index is 0.0402. The molecule has 26 heavy (non-hydrogen) atoms. The van der Waals surface area contributed by atoms with Gasteiger partial charge in [-0.1, -0.05) is 6.07 Å². The van der Waals surface area contributed by atoms with E-state index in [1.165, 1.54) is 4.90 Å². The summed E-state index contributed by atoms with van der Waals surface area (Å²) in [5.74, 6) is 0.337. The fourth-order valence-electron chi connectivity index (χ4n) is 2.71. The SMILES string of the molecule is COc1cccc(N2CCN(C(=O)c3nnc(CN(C)C)o3)CC2=O)c1. The molecule has 138 valence electrons. The van der Waals surface area contributed by atoms with E-state index in [0.717, 1.165) is 5.69 Å². The Bertz CT molecular complexity index is 804. The zero-order valence-electron chi connectivity index (χ0n) is 15.0. The number of benzene rings is 1. The molecule has 3 rings (SSSR count). The monoisotopic (exact) mass is 359 g/mol. The number of nitrogens with zero attached hydrogens (tertiary/aromatic N) is 5. The van der Waals surface area contributed by atoms with Crippen molar-refractivity contribution >= 4 is 17.5 Å². The lowest BCUT2D eigenvalue weighted by atomic mass is 10.2. The summed E-state index contributed by atoms with van der Waals surface area (Å²) in [6.07, 6.45) is 0. The van der Waals surface area contributed by atoms with E-state index in [2.05, 4.69) is 10.2 Å². The number of rotatable bonds is 5. The highest BCUT2D eigenvalue weighted by Crippen LogP contribution is 2.23. The third kappa shape index (κ3) is 3.83. The van der Waals surface area contributed by atoms with E-state index in [4.69, 9.17) is 9.15 Å². The average molecular weight is 359 g/mol. The maximum Gasteiger partial charge on any atom is 0.311 e. The molecule has 0 radical (unpaired) electrons. The predicted octanol–water partition coefficient (Wildman–Crippen LogP) is 0.629. The van der Waals surface area contributed by atoms with Crippen molar-refractivity contribution in [3.05, 3.63) is 36.0 Å². The second-order valence-electron chi connectivity index (χ2n) is 6.21. The van der Waals surface area contributed by atoms with Crippen molar-refractivity contribution in [3.8, 4) is 5.75 Å². The Labute approximate surface area is 151 Å². The van der Waals surface area contributed by atoms with Gasteiger partial charge in [-0.15, -0.1) is 10.2 Å². The standard InChI is InChI=1S/C17H21N5O4/c1-20(2)10-14-18-19-16(26-14)17(24)21-7-8-22(15(23)11-21)12-5-4-6-13(9-12)25-3/h4-6,9H,7-8,10-11H2,1-3H3. The number of methoxy groups -OCH3 is 1. The van der Waals surface area contributed by atoms with Crippen molar-refractivity contribution in [2.24, 2.45) is 0 Å². The van der Waals surface area contributed by atoms with Crippen molar-refractivity contribution in [1.82, 2.24) is 20.0 Å². The molecular weight excluding hydrogens is 338 g/mol. The highest BCUT2D eigenvalue weighted by molar-refractivity contribution is 6.00. The first-order valence-corrected chi connectivity index (χ1v) is 8.18. The van der Waals surface area contributed by atoms with Gasteiger partial charge in [-0.05, 0) is 26.2 Å². The van der Waals surface area contributed by atoms with Crippen LogP contribution >= 0.6 is 0 Å². The molecule has 2 aromatic rings. The van der Waals surface area contributed by atoms with Gasteiger partial charge in [0.25, 0.3) is 0 Å². The van der Waals surface area contributed by atoms with E-state index in [9.17, 15) is 9.59 Å². The van der Waals surface area contributed by atoms with Gasteiger partial charge >= 0.3 is 11.8 Å². The maximum absolute atomic E-state index is 12.5. The molecule has 2 amide bonds. The summed E-state index contributed by atoms with van der Waals surface area (Å²) in [6, 6.07) is 7.27. The Balaban J connectivity index is 1.67. The first-order valence-electron chi connectivity index (χ1n) is 8.18. The molecule has 0 spiro atoms. The molecule has 0 unspecified atom stereocenters. The highest BCUT2D eigenvalue weighted by atomic mass is 16.5. The van der Waals surface area contributed by atoms with Gasteiger partial charge in [-0.3, -0.25) is 9.59 Å². The molecule has 9 nitrogen and oxygen atoms in total. The molecular formula is C17H21N5O4. The van der Waals surface area contributed by atoms with Crippen LogP contribution in [0, 0.1) is 0 Å². The van der Waals surface area contributed by atoms with Crippen LogP contribution in [0.3, 0.4) is 0 Å². The van der Waals surface area contributed by atoms with Gasteiger partial charge in [-0.2, -0.15) is 0 Å². The Morgan fingerprint density at radius 1 is 1.31 bits per heavy atom. The van der Waals surface area contributed by atoms with E-state index >= 15 is 0 Å². The summed E-state index contributed by atoms with van der Waals surface area (Å²) in [6.45, 7) is 1.17. The first-order chi connectivity index (χ1) is 12.5. The molecule has 1 fully saturated rings. The van der Waals surface area contributed by atoms with Gasteiger partial charge in [0.05, 0.1) is 13.7 Å². The third-order valence-corrected chi connectivity index (χ3v) is 3.97. The molecule has 9 heteroatoms. The fourth-order valence-corrected chi connectivity index (χ4v) is 2.71. The number of aromatic nitrogens is 2. The van der Waals surface area contributed by atoms with Gasteiger partial charge in [-0.25, -0.2) is 0 Å². The number of hydrogen-bond donors (Lipinski definition) is 0. The molecule has 0 atom stereocenters. The molecule has 1 aromatic carbocycles. The summed E-state index contributed by atoms with van der Waals surface area (Å²) >= 11 is 0. The topological polar surface area (TPSA) is 92.0 Å². The highest BCUT2D eigenvalue weighted by Gasteiger charge is 2.31. The predicted molar refractivity (Wildman–Crippen MR) is 92.9 cm³/mol. The molecule has 0 N–H and O–H groups in total. The van der Waals surface area contributed by atoms with Gasteiger partial charge in [0.15, 0.2) is 0 Å². The number of piperazine rings is 1. The number of hydrogen-bond acceptors (Lipinski definition) is 7. The van der Waals surface area contributed by atoms with Crippen LogP contribution < -0.4 is 9.64 Å². The van der Waals surface area contributed by atoms with Crippen molar-refractivity contribution in [3.63, 3.8) is 0 Å². The Hall–Kier alpha value is -2.94. The van der Waals surface area contributed by atoms with Crippen LogP contribution in [0.25, 0.3) is 0 Å². The van der Waals surface area contributed by atoms with Crippen LogP contribution in [0.5, 0.6) is 5.75 Å². The van der Waals surface area contributed by atoms with Crippen molar-refractivity contribution < 1.29 is 18.7 Å². The molecule has 0 saturated carbocycles. The number of carbonyl (C=O) groups excluding carboxylic acids is 2. The molecule has 0 aliphatic carbocycles. The summed E-state index contributed by atoms with van der Waals surface area (Å²) in [5, 5.41) is 7.65. The van der Waals surface area contributed by atoms with E-state index in [0.29, 0.717) is 31.3 Å². The molecule has 1 saturated heterocycles. The van der Waals surface area contributed by atoms with E-state index in [-0.39, 0.29) is 18.3 Å². The van der Waals surface area contributed by atoms with Gasteiger partial charge in [0, 0.05) is 24.8 Å². The molecule has 1 aromatic heterocycles. The number of carbonyl (C=O) groups is 2. The van der Waals surface area contributed by atoms with Crippen molar-refractivity contribution in [2.75, 3.05) is 45.7 Å². The van der Waals surface area contributed by atoms with Gasteiger partial charge in [0.2, 0.25) is 11.8 Å².